The third-order valence-corrected chi connectivity index (χ3v) is 5.44. The Hall–Kier alpha value is -4.50. The summed E-state index contributed by atoms with van der Waals surface area (Å²) in [6.45, 7) is 8.54. The van der Waals surface area contributed by atoms with Gasteiger partial charge in [0.05, 0.1) is 30.0 Å². The Kier molecular flexibility index (Phi) is 10.8. The van der Waals surface area contributed by atoms with E-state index in [0.717, 1.165) is 5.56 Å². The fourth-order valence-corrected chi connectivity index (χ4v) is 3.65. The number of hydrazone groups is 1. The van der Waals surface area contributed by atoms with E-state index in [4.69, 9.17) is 35.7 Å². The Morgan fingerprint density at radius 1 is 0.923 bits per heavy atom. The zero-order chi connectivity index (χ0) is 28.2. The fourth-order valence-electron chi connectivity index (χ4n) is 3.38. The summed E-state index contributed by atoms with van der Waals surface area (Å²) in [7, 11) is 0. The molecule has 10 heteroatoms. The summed E-state index contributed by atoms with van der Waals surface area (Å²) in [5.74, 6) is 0.250. The number of carboxylic acids is 1. The molecule has 0 aliphatic carbocycles. The molecule has 0 saturated heterocycles. The van der Waals surface area contributed by atoms with Crippen molar-refractivity contribution in [3.8, 4) is 23.0 Å². The summed E-state index contributed by atoms with van der Waals surface area (Å²) in [5.41, 5.74) is 4.35. The van der Waals surface area contributed by atoms with Crippen molar-refractivity contribution in [2.45, 2.75) is 20.5 Å². The number of rotatable bonds is 14. The lowest BCUT2D eigenvalue weighted by Gasteiger charge is -2.14. The average molecular weight is 553 g/mol. The van der Waals surface area contributed by atoms with Crippen LogP contribution < -0.4 is 24.4 Å². The maximum absolute atomic E-state index is 12.6. The zero-order valence-corrected chi connectivity index (χ0v) is 22.4. The van der Waals surface area contributed by atoms with Gasteiger partial charge in [0.2, 0.25) is 0 Å². The number of carboxylic acid groups (broad SMARTS) is 1. The monoisotopic (exact) mass is 552 g/mol. The van der Waals surface area contributed by atoms with Crippen LogP contribution in [0.25, 0.3) is 0 Å². The molecule has 0 aliphatic rings. The maximum atomic E-state index is 12.6. The van der Waals surface area contributed by atoms with E-state index >= 15 is 0 Å². The highest BCUT2D eigenvalue weighted by molar-refractivity contribution is 6.32. The molecule has 3 aromatic rings. The van der Waals surface area contributed by atoms with Gasteiger partial charge in [0.1, 0.15) is 13.2 Å². The van der Waals surface area contributed by atoms with E-state index in [-0.39, 0.29) is 17.2 Å². The Balaban J connectivity index is 1.70. The van der Waals surface area contributed by atoms with Crippen molar-refractivity contribution in [2.75, 3.05) is 19.8 Å². The molecule has 0 bridgehead atoms. The summed E-state index contributed by atoms with van der Waals surface area (Å²) in [4.78, 5) is 23.7. The van der Waals surface area contributed by atoms with E-state index in [2.05, 4.69) is 17.1 Å². The second kappa shape index (κ2) is 14.4. The topological polar surface area (TPSA) is 116 Å². The summed E-state index contributed by atoms with van der Waals surface area (Å²) in [6.07, 6.45) is 3.06. The molecule has 0 radical (unpaired) electrons. The molecule has 0 unspecified atom stereocenters. The first kappa shape index (κ1) is 29.1. The fraction of sp³-hybridized carbons (Fsp3) is 0.207. The molecule has 0 aromatic heterocycles. The molecule has 39 heavy (non-hydrogen) atoms. The number of aromatic carboxylic acids is 1. The van der Waals surface area contributed by atoms with Crippen molar-refractivity contribution in [3.63, 3.8) is 0 Å². The quantitative estimate of drug-likeness (QED) is 0.149. The number of hydrogen-bond acceptors (Lipinski definition) is 7. The first-order valence-electron chi connectivity index (χ1n) is 12.1. The molecule has 0 aliphatic heterocycles. The number of amides is 1. The SMILES string of the molecule is C=CCOc1ccc(C(=O)N/N=C/c2cc(Cl)c(OCc3ccc(C(=O)O)cc3)c(OCC)c2)cc1OCC. The van der Waals surface area contributed by atoms with Gasteiger partial charge in [-0.05, 0) is 67.4 Å². The number of carbonyl (C=O) groups excluding carboxylic acids is 1. The zero-order valence-electron chi connectivity index (χ0n) is 21.6. The second-order valence-electron chi connectivity index (χ2n) is 7.95. The molecule has 0 heterocycles. The van der Waals surface area contributed by atoms with Crippen molar-refractivity contribution < 1.29 is 33.6 Å². The van der Waals surface area contributed by atoms with Crippen LogP contribution >= 0.6 is 11.6 Å². The summed E-state index contributed by atoms with van der Waals surface area (Å²) in [6, 6.07) is 14.5. The molecule has 3 rings (SSSR count). The van der Waals surface area contributed by atoms with Crippen molar-refractivity contribution in [1.29, 1.82) is 0 Å². The highest BCUT2D eigenvalue weighted by atomic mass is 35.5. The minimum absolute atomic E-state index is 0.157. The van der Waals surface area contributed by atoms with E-state index in [9.17, 15) is 9.59 Å². The molecular formula is C29H29ClN2O7. The lowest BCUT2D eigenvalue weighted by molar-refractivity contribution is 0.0696. The predicted molar refractivity (Wildman–Crippen MR) is 149 cm³/mol. The van der Waals surface area contributed by atoms with E-state index in [1.807, 2.05) is 13.8 Å². The lowest BCUT2D eigenvalue weighted by Crippen LogP contribution is -2.17. The Bertz CT molecular complexity index is 1340. The largest absolute Gasteiger partial charge is 0.490 e. The third kappa shape index (κ3) is 8.24. The van der Waals surface area contributed by atoms with Gasteiger partial charge in [0.25, 0.3) is 5.91 Å². The smallest absolute Gasteiger partial charge is 0.335 e. The minimum atomic E-state index is -1.00. The van der Waals surface area contributed by atoms with Gasteiger partial charge in [-0.25, -0.2) is 10.2 Å². The number of benzene rings is 3. The highest BCUT2D eigenvalue weighted by Crippen LogP contribution is 2.37. The highest BCUT2D eigenvalue weighted by Gasteiger charge is 2.14. The molecular weight excluding hydrogens is 524 g/mol. The van der Waals surface area contributed by atoms with Gasteiger partial charge in [-0.1, -0.05) is 36.4 Å². The van der Waals surface area contributed by atoms with Gasteiger partial charge in [-0.2, -0.15) is 5.10 Å². The Labute approximate surface area is 231 Å². The molecule has 204 valence electrons. The van der Waals surface area contributed by atoms with Crippen LogP contribution in [0.2, 0.25) is 5.02 Å². The van der Waals surface area contributed by atoms with Gasteiger partial charge in [0, 0.05) is 5.56 Å². The van der Waals surface area contributed by atoms with E-state index < -0.39 is 11.9 Å². The van der Waals surface area contributed by atoms with Crippen LogP contribution in [0.15, 0.2) is 72.4 Å². The number of halogens is 1. The van der Waals surface area contributed by atoms with Gasteiger partial charge < -0.3 is 24.1 Å². The second-order valence-corrected chi connectivity index (χ2v) is 8.35. The van der Waals surface area contributed by atoms with E-state index in [1.54, 1.807) is 48.5 Å². The first-order valence-corrected chi connectivity index (χ1v) is 12.5. The predicted octanol–water partition coefficient (Wildman–Crippen LogP) is 5.74. The van der Waals surface area contributed by atoms with Crippen molar-refractivity contribution in [3.05, 3.63) is 94.5 Å². The normalized spacial score (nSPS) is 10.6. The number of hydrogen-bond donors (Lipinski definition) is 2. The Morgan fingerprint density at radius 2 is 1.62 bits per heavy atom. The van der Waals surface area contributed by atoms with Crippen LogP contribution in [0.3, 0.4) is 0 Å². The van der Waals surface area contributed by atoms with Gasteiger partial charge in [0.15, 0.2) is 23.0 Å². The standard InChI is InChI=1S/C29H29ClN2O7/c1-4-13-38-24-12-11-22(16-25(24)36-5-2)28(33)32-31-17-20-14-23(30)27(26(15-20)37-6-3)39-18-19-7-9-21(10-8-19)29(34)35/h4,7-12,14-17H,1,5-6,13,18H2,2-3H3,(H,32,33)(H,34,35)/b31-17+. The third-order valence-electron chi connectivity index (χ3n) is 5.16. The molecule has 9 nitrogen and oxygen atoms in total. The molecule has 0 saturated carbocycles. The van der Waals surface area contributed by atoms with Crippen molar-refractivity contribution >= 4 is 29.7 Å². The lowest BCUT2D eigenvalue weighted by atomic mass is 10.1. The Morgan fingerprint density at radius 3 is 2.28 bits per heavy atom. The number of carbonyl (C=O) groups is 2. The minimum Gasteiger partial charge on any atom is -0.490 e. The number of nitrogens with one attached hydrogen (secondary N) is 1. The van der Waals surface area contributed by atoms with Gasteiger partial charge >= 0.3 is 5.97 Å². The van der Waals surface area contributed by atoms with E-state index in [1.165, 1.54) is 18.3 Å². The molecule has 3 aromatic carbocycles. The molecule has 0 fully saturated rings. The first-order chi connectivity index (χ1) is 18.9. The summed E-state index contributed by atoms with van der Waals surface area (Å²) < 4.78 is 22.7. The van der Waals surface area contributed by atoms with Crippen molar-refractivity contribution in [2.24, 2.45) is 5.10 Å². The van der Waals surface area contributed by atoms with Gasteiger partial charge in [-0.3, -0.25) is 4.79 Å². The van der Waals surface area contributed by atoms with Crippen molar-refractivity contribution in [1.82, 2.24) is 5.43 Å². The number of ether oxygens (including phenoxy) is 4. The maximum Gasteiger partial charge on any atom is 0.335 e. The van der Waals surface area contributed by atoms with Crippen LogP contribution in [-0.4, -0.2) is 43.0 Å². The van der Waals surface area contributed by atoms with Crippen LogP contribution in [0, 0.1) is 0 Å². The average Bonchev–Trinajstić information content (AvgIpc) is 2.92. The number of nitrogens with zero attached hydrogens (tertiary/aromatic N) is 1. The van der Waals surface area contributed by atoms with Crippen LogP contribution in [0.4, 0.5) is 0 Å². The molecule has 2 N–H and O–H groups in total. The molecule has 0 atom stereocenters. The molecule has 1 amide bonds. The van der Waals surface area contributed by atoms with Crippen LogP contribution in [0.5, 0.6) is 23.0 Å². The summed E-state index contributed by atoms with van der Waals surface area (Å²) >= 11 is 6.48. The molecule has 0 spiro atoms. The summed E-state index contributed by atoms with van der Waals surface area (Å²) in [5, 5.41) is 13.4. The van der Waals surface area contributed by atoms with Gasteiger partial charge in [-0.15, -0.1) is 0 Å². The van der Waals surface area contributed by atoms with E-state index in [0.29, 0.717) is 53.9 Å². The van der Waals surface area contributed by atoms with Crippen LogP contribution in [0.1, 0.15) is 45.7 Å². The van der Waals surface area contributed by atoms with Crippen LogP contribution in [-0.2, 0) is 6.61 Å².